The Labute approximate surface area is 137 Å². The molecule has 0 fully saturated rings. The molecule has 1 aromatic heterocycles. The van der Waals surface area contributed by atoms with Crippen LogP contribution < -0.4 is 5.32 Å². The quantitative estimate of drug-likeness (QED) is 0.792. The van der Waals surface area contributed by atoms with Crippen molar-refractivity contribution in [1.82, 2.24) is 5.32 Å². The molecule has 23 heavy (non-hydrogen) atoms. The van der Waals surface area contributed by atoms with E-state index in [4.69, 9.17) is 0 Å². The van der Waals surface area contributed by atoms with Gasteiger partial charge in [-0.1, -0.05) is 18.2 Å². The van der Waals surface area contributed by atoms with Crippen LogP contribution >= 0.6 is 11.3 Å². The Morgan fingerprint density at radius 1 is 1.09 bits per heavy atom. The van der Waals surface area contributed by atoms with E-state index in [1.807, 2.05) is 17.5 Å². The van der Waals surface area contributed by atoms with E-state index in [2.05, 4.69) is 5.32 Å². The van der Waals surface area contributed by atoms with Crippen LogP contribution in [0.5, 0.6) is 0 Å². The summed E-state index contributed by atoms with van der Waals surface area (Å²) in [5, 5.41) is 4.81. The third-order valence-electron chi connectivity index (χ3n) is 3.42. The molecule has 2 rings (SSSR count). The highest BCUT2D eigenvalue weighted by molar-refractivity contribution is 7.09. The molecule has 0 aliphatic carbocycles. The molecule has 0 saturated carbocycles. The number of carbonyl (C=O) groups excluding carboxylic acids is 1. The first-order valence-electron chi connectivity index (χ1n) is 7.40. The van der Waals surface area contributed by atoms with Crippen LogP contribution in [0.1, 0.15) is 28.8 Å². The smallest absolute Gasteiger partial charge is 0.356 e. The molecule has 0 atom stereocenters. The van der Waals surface area contributed by atoms with Crippen LogP contribution in [-0.2, 0) is 23.8 Å². The number of nitrogens with one attached hydrogen (secondary N) is 1. The molecule has 0 saturated heterocycles. The second-order valence-corrected chi connectivity index (χ2v) is 6.26. The van der Waals surface area contributed by atoms with E-state index in [0.29, 0.717) is 19.4 Å². The molecule has 1 heterocycles. The minimum absolute atomic E-state index is 0.0199. The zero-order valence-electron chi connectivity index (χ0n) is 12.5. The molecule has 2 aromatic rings. The van der Waals surface area contributed by atoms with Crippen LogP contribution in [0.25, 0.3) is 0 Å². The first-order chi connectivity index (χ1) is 10.9. The minimum atomic E-state index is -4.31. The predicted molar refractivity (Wildman–Crippen MR) is 85.4 cm³/mol. The van der Waals surface area contributed by atoms with Crippen molar-refractivity contribution in [2.75, 3.05) is 6.54 Å². The summed E-state index contributed by atoms with van der Waals surface area (Å²) in [5.41, 5.74) is 0.121. The van der Waals surface area contributed by atoms with Gasteiger partial charge in [-0.2, -0.15) is 13.2 Å². The fourth-order valence-electron chi connectivity index (χ4n) is 2.17. The van der Waals surface area contributed by atoms with Crippen LogP contribution in [0.15, 0.2) is 41.8 Å². The molecule has 0 unspecified atom stereocenters. The molecule has 0 aliphatic rings. The van der Waals surface area contributed by atoms with Crippen molar-refractivity contribution in [3.8, 4) is 0 Å². The van der Waals surface area contributed by atoms with Crippen molar-refractivity contribution < 1.29 is 18.0 Å². The number of halogens is 3. The zero-order chi connectivity index (χ0) is 16.7. The maximum absolute atomic E-state index is 12.4. The molecule has 0 spiro atoms. The first kappa shape index (κ1) is 17.5. The summed E-state index contributed by atoms with van der Waals surface area (Å²) in [5.74, 6) is -0.0199. The third-order valence-corrected chi connectivity index (χ3v) is 4.36. The van der Waals surface area contributed by atoms with Gasteiger partial charge < -0.3 is 5.32 Å². The Morgan fingerprint density at radius 2 is 1.83 bits per heavy atom. The summed E-state index contributed by atoms with van der Waals surface area (Å²) in [4.78, 5) is 13.0. The Hall–Kier alpha value is -1.82. The summed E-state index contributed by atoms with van der Waals surface area (Å²) in [7, 11) is 0. The SMILES string of the molecule is O=C(CCCc1cccs1)NCCc1ccc(C(F)(F)F)cc1. The molecule has 1 amide bonds. The summed E-state index contributed by atoms with van der Waals surface area (Å²) >= 11 is 1.68. The number of rotatable bonds is 7. The van der Waals surface area contributed by atoms with Gasteiger partial charge in [0.15, 0.2) is 0 Å². The molecular formula is C17H18F3NOS. The number of aryl methyl sites for hydroxylation is 1. The lowest BCUT2D eigenvalue weighted by molar-refractivity contribution is -0.137. The standard InChI is InChI=1S/C17H18F3NOS/c18-17(19,20)14-8-6-13(7-9-14)10-11-21-16(22)5-1-3-15-4-2-12-23-15/h2,4,6-9,12H,1,3,5,10-11H2,(H,21,22). The second kappa shape index (κ2) is 8.15. The number of hydrogen-bond donors (Lipinski definition) is 1. The number of amides is 1. The van der Waals surface area contributed by atoms with E-state index in [1.165, 1.54) is 17.0 Å². The first-order valence-corrected chi connectivity index (χ1v) is 8.28. The van der Waals surface area contributed by atoms with Crippen LogP contribution in [-0.4, -0.2) is 12.5 Å². The maximum Gasteiger partial charge on any atom is 0.416 e. The van der Waals surface area contributed by atoms with E-state index in [1.54, 1.807) is 11.3 Å². The number of benzene rings is 1. The van der Waals surface area contributed by atoms with Crippen LogP contribution in [0.2, 0.25) is 0 Å². The van der Waals surface area contributed by atoms with Crippen molar-refractivity contribution in [3.63, 3.8) is 0 Å². The summed E-state index contributed by atoms with van der Waals surface area (Å²) < 4.78 is 37.3. The lowest BCUT2D eigenvalue weighted by atomic mass is 10.1. The molecule has 6 heteroatoms. The molecular weight excluding hydrogens is 323 g/mol. The van der Waals surface area contributed by atoms with E-state index >= 15 is 0 Å². The Balaban J connectivity index is 1.65. The predicted octanol–water partition coefficient (Wildman–Crippen LogP) is 4.45. The summed E-state index contributed by atoms with van der Waals surface area (Å²) in [6, 6.07) is 9.07. The molecule has 1 N–H and O–H groups in total. The third kappa shape index (κ3) is 6.06. The van der Waals surface area contributed by atoms with Gasteiger partial charge in [-0.05, 0) is 48.4 Å². The Kier molecular flexibility index (Phi) is 6.21. The van der Waals surface area contributed by atoms with Gasteiger partial charge in [0, 0.05) is 17.8 Å². The summed E-state index contributed by atoms with van der Waals surface area (Å²) in [6.07, 6.45) is -1.63. The van der Waals surface area contributed by atoms with Gasteiger partial charge in [-0.25, -0.2) is 0 Å². The number of carbonyl (C=O) groups is 1. The number of hydrogen-bond acceptors (Lipinski definition) is 2. The van der Waals surface area contributed by atoms with Crippen molar-refractivity contribution in [2.45, 2.75) is 31.9 Å². The topological polar surface area (TPSA) is 29.1 Å². The van der Waals surface area contributed by atoms with Gasteiger partial charge in [0.25, 0.3) is 0 Å². The highest BCUT2D eigenvalue weighted by Gasteiger charge is 2.29. The van der Waals surface area contributed by atoms with Crippen molar-refractivity contribution in [3.05, 3.63) is 57.8 Å². The van der Waals surface area contributed by atoms with Gasteiger partial charge in [-0.3, -0.25) is 4.79 Å². The monoisotopic (exact) mass is 341 g/mol. The zero-order valence-corrected chi connectivity index (χ0v) is 13.3. The van der Waals surface area contributed by atoms with E-state index in [-0.39, 0.29) is 5.91 Å². The van der Waals surface area contributed by atoms with Crippen molar-refractivity contribution in [2.24, 2.45) is 0 Å². The molecule has 0 bridgehead atoms. The van der Waals surface area contributed by atoms with Gasteiger partial charge >= 0.3 is 6.18 Å². The molecule has 0 radical (unpaired) electrons. The normalized spacial score (nSPS) is 11.4. The maximum atomic E-state index is 12.4. The Bertz CT molecular complexity index is 606. The molecule has 124 valence electrons. The fourth-order valence-corrected chi connectivity index (χ4v) is 2.92. The number of alkyl halides is 3. The highest BCUT2D eigenvalue weighted by atomic mass is 32.1. The molecule has 0 aliphatic heterocycles. The second-order valence-electron chi connectivity index (χ2n) is 5.23. The highest BCUT2D eigenvalue weighted by Crippen LogP contribution is 2.29. The van der Waals surface area contributed by atoms with Gasteiger partial charge in [0.05, 0.1) is 5.56 Å². The lowest BCUT2D eigenvalue weighted by Crippen LogP contribution is -2.25. The van der Waals surface area contributed by atoms with E-state index in [9.17, 15) is 18.0 Å². The van der Waals surface area contributed by atoms with Crippen LogP contribution in [0.3, 0.4) is 0 Å². The largest absolute Gasteiger partial charge is 0.416 e. The Morgan fingerprint density at radius 3 is 2.43 bits per heavy atom. The van der Waals surface area contributed by atoms with Gasteiger partial charge in [0.1, 0.15) is 0 Å². The number of thiophene rings is 1. The molecule has 1 aromatic carbocycles. The van der Waals surface area contributed by atoms with Crippen molar-refractivity contribution in [1.29, 1.82) is 0 Å². The average molecular weight is 341 g/mol. The van der Waals surface area contributed by atoms with E-state index < -0.39 is 11.7 Å². The van der Waals surface area contributed by atoms with Gasteiger partial charge in [-0.15, -0.1) is 11.3 Å². The molecule has 2 nitrogen and oxygen atoms in total. The lowest BCUT2D eigenvalue weighted by Gasteiger charge is -2.08. The van der Waals surface area contributed by atoms with Crippen LogP contribution in [0, 0.1) is 0 Å². The summed E-state index contributed by atoms with van der Waals surface area (Å²) in [6.45, 7) is 0.434. The average Bonchev–Trinajstić information content (AvgIpc) is 3.00. The van der Waals surface area contributed by atoms with Gasteiger partial charge in [0.2, 0.25) is 5.91 Å². The van der Waals surface area contributed by atoms with Crippen molar-refractivity contribution >= 4 is 17.2 Å². The minimum Gasteiger partial charge on any atom is -0.356 e. The van der Waals surface area contributed by atoms with Crippen LogP contribution in [0.4, 0.5) is 13.2 Å². The van der Waals surface area contributed by atoms with E-state index in [0.717, 1.165) is 30.5 Å². The fraction of sp³-hybridized carbons (Fsp3) is 0.353.